The monoisotopic (exact) mass is 465 g/mol. The molecule has 0 unspecified atom stereocenters. The van der Waals surface area contributed by atoms with Gasteiger partial charge >= 0.3 is 6.03 Å². The highest BCUT2D eigenvalue weighted by Gasteiger charge is 2.58. The van der Waals surface area contributed by atoms with Crippen molar-refractivity contribution in [2.75, 3.05) is 59.7 Å². The summed E-state index contributed by atoms with van der Waals surface area (Å²) in [6.07, 6.45) is 10.5. The third kappa shape index (κ3) is 7.40. The number of likely N-dealkylation sites (tertiary alicyclic amines) is 1. The molecule has 192 valence electrons. The molecule has 3 amide bonds. The maximum atomic E-state index is 13.9. The number of hydrogen-bond acceptors (Lipinski definition) is 5. The number of hydrogen-bond donors (Lipinski definition) is 0. The molecule has 0 aromatic carbocycles. The summed E-state index contributed by atoms with van der Waals surface area (Å²) < 4.78 is 0. The van der Waals surface area contributed by atoms with Crippen LogP contribution in [-0.4, -0.2) is 102 Å². The summed E-state index contributed by atoms with van der Waals surface area (Å²) in [7, 11) is 2.11. The molecule has 0 aliphatic carbocycles. The second-order valence-electron chi connectivity index (χ2n) is 10.2. The summed E-state index contributed by atoms with van der Waals surface area (Å²) in [5, 5.41) is 0. The lowest BCUT2D eigenvalue weighted by Crippen LogP contribution is -2.58. The number of piperidine rings is 1. The number of carbonyl (C=O) groups excluding carboxylic acids is 2. The van der Waals surface area contributed by atoms with E-state index in [1.54, 1.807) is 4.90 Å². The second kappa shape index (κ2) is 14.3. The molecular formula is C26H51N5O2. The Labute approximate surface area is 203 Å². The van der Waals surface area contributed by atoms with Crippen LogP contribution in [0.25, 0.3) is 0 Å². The highest BCUT2D eigenvalue weighted by molar-refractivity contribution is 6.07. The van der Waals surface area contributed by atoms with Crippen LogP contribution in [0.4, 0.5) is 4.79 Å². The molecule has 1 spiro atoms. The van der Waals surface area contributed by atoms with Gasteiger partial charge < -0.3 is 4.90 Å². The third-order valence-electron chi connectivity index (χ3n) is 7.43. The van der Waals surface area contributed by atoms with Gasteiger partial charge in [0.2, 0.25) is 0 Å². The number of urea groups is 1. The Bertz CT molecular complexity index is 575. The molecule has 0 radical (unpaired) electrons. The Morgan fingerprint density at radius 3 is 1.58 bits per heavy atom. The maximum Gasteiger partial charge on any atom is 0.329 e. The van der Waals surface area contributed by atoms with E-state index in [1.807, 2.05) is 4.90 Å². The highest BCUT2D eigenvalue weighted by atomic mass is 16.2. The molecule has 0 atom stereocenters. The van der Waals surface area contributed by atoms with Gasteiger partial charge in [-0.1, -0.05) is 53.4 Å². The molecule has 2 saturated heterocycles. The lowest BCUT2D eigenvalue weighted by atomic mass is 9.86. The fourth-order valence-corrected chi connectivity index (χ4v) is 5.01. The van der Waals surface area contributed by atoms with Crippen molar-refractivity contribution >= 4 is 11.9 Å². The number of nitrogens with zero attached hydrogens (tertiary/aromatic N) is 5. The Morgan fingerprint density at radius 2 is 1.15 bits per heavy atom. The van der Waals surface area contributed by atoms with Crippen molar-refractivity contribution in [3.05, 3.63) is 0 Å². The summed E-state index contributed by atoms with van der Waals surface area (Å²) in [6, 6.07) is -0.0689. The molecule has 7 heteroatoms. The molecule has 2 aliphatic heterocycles. The van der Waals surface area contributed by atoms with Crippen molar-refractivity contribution in [3.8, 4) is 0 Å². The minimum atomic E-state index is -0.665. The summed E-state index contributed by atoms with van der Waals surface area (Å²) in [5.41, 5.74) is -0.665. The number of rotatable bonds is 16. The molecular weight excluding hydrogens is 414 g/mol. The topological polar surface area (TPSA) is 50.3 Å². The second-order valence-corrected chi connectivity index (χ2v) is 10.2. The molecule has 7 nitrogen and oxygen atoms in total. The van der Waals surface area contributed by atoms with E-state index >= 15 is 0 Å². The Kier molecular flexibility index (Phi) is 12.1. The Morgan fingerprint density at radius 1 is 0.727 bits per heavy atom. The average molecular weight is 466 g/mol. The molecule has 2 rings (SSSR count). The van der Waals surface area contributed by atoms with Crippen LogP contribution in [0.2, 0.25) is 0 Å². The smallest absolute Gasteiger partial charge is 0.306 e. The van der Waals surface area contributed by atoms with Crippen LogP contribution in [0.5, 0.6) is 0 Å². The third-order valence-corrected chi connectivity index (χ3v) is 7.43. The number of carbonyl (C=O) groups is 2. The van der Waals surface area contributed by atoms with E-state index in [2.05, 4.69) is 49.4 Å². The van der Waals surface area contributed by atoms with Gasteiger partial charge in [-0.15, -0.1) is 0 Å². The number of unbranched alkanes of at least 4 members (excludes halogenated alkanes) is 4. The fourth-order valence-electron chi connectivity index (χ4n) is 5.01. The van der Waals surface area contributed by atoms with Crippen molar-refractivity contribution in [1.82, 2.24) is 24.5 Å². The summed E-state index contributed by atoms with van der Waals surface area (Å²) >= 11 is 0. The van der Waals surface area contributed by atoms with Crippen LogP contribution in [0, 0.1) is 0 Å². The van der Waals surface area contributed by atoms with Crippen molar-refractivity contribution in [3.63, 3.8) is 0 Å². The van der Waals surface area contributed by atoms with Gasteiger partial charge in [-0.05, 0) is 71.8 Å². The highest BCUT2D eigenvalue weighted by Crippen LogP contribution is 2.37. The summed E-state index contributed by atoms with van der Waals surface area (Å²) in [6.45, 7) is 15.4. The zero-order valence-corrected chi connectivity index (χ0v) is 22.3. The van der Waals surface area contributed by atoms with Crippen molar-refractivity contribution in [2.24, 2.45) is 0 Å². The van der Waals surface area contributed by atoms with Gasteiger partial charge in [-0.2, -0.15) is 0 Å². The molecule has 0 aromatic rings. The molecule has 2 fully saturated rings. The normalized spacial score (nSPS) is 19.1. The fraction of sp³-hybridized carbons (Fsp3) is 0.923. The Balaban J connectivity index is 2.25. The zero-order chi connectivity index (χ0) is 24.3. The zero-order valence-electron chi connectivity index (χ0n) is 22.3. The van der Waals surface area contributed by atoms with Crippen LogP contribution in [0.15, 0.2) is 0 Å². The number of imide groups is 1. The van der Waals surface area contributed by atoms with Crippen molar-refractivity contribution in [1.29, 1.82) is 0 Å². The van der Waals surface area contributed by atoms with E-state index in [0.717, 1.165) is 103 Å². The van der Waals surface area contributed by atoms with Crippen LogP contribution in [0.3, 0.4) is 0 Å². The lowest BCUT2D eigenvalue weighted by molar-refractivity contribution is -0.137. The molecule has 2 aliphatic rings. The van der Waals surface area contributed by atoms with Gasteiger partial charge in [-0.25, -0.2) is 9.69 Å². The molecule has 0 aromatic heterocycles. The van der Waals surface area contributed by atoms with Crippen molar-refractivity contribution < 1.29 is 9.59 Å². The predicted molar refractivity (Wildman–Crippen MR) is 136 cm³/mol. The van der Waals surface area contributed by atoms with Gasteiger partial charge in [0.05, 0.1) is 13.3 Å². The predicted octanol–water partition coefficient (Wildman–Crippen LogP) is 4.43. The van der Waals surface area contributed by atoms with E-state index in [9.17, 15) is 9.59 Å². The molecule has 33 heavy (non-hydrogen) atoms. The first-order valence-electron chi connectivity index (χ1n) is 13.7. The van der Waals surface area contributed by atoms with E-state index in [1.165, 1.54) is 0 Å². The summed E-state index contributed by atoms with van der Waals surface area (Å²) in [4.78, 5) is 38.3. The first-order chi connectivity index (χ1) is 15.9. The van der Waals surface area contributed by atoms with E-state index in [4.69, 9.17) is 0 Å². The van der Waals surface area contributed by atoms with E-state index in [0.29, 0.717) is 13.3 Å². The van der Waals surface area contributed by atoms with E-state index < -0.39 is 5.54 Å². The van der Waals surface area contributed by atoms with Crippen LogP contribution in [-0.2, 0) is 4.79 Å². The minimum absolute atomic E-state index is 0.0459. The first kappa shape index (κ1) is 28.1. The van der Waals surface area contributed by atoms with Gasteiger partial charge in [0.15, 0.2) is 0 Å². The first-order valence-corrected chi connectivity index (χ1v) is 13.7. The van der Waals surface area contributed by atoms with Gasteiger partial charge in [0.25, 0.3) is 5.91 Å². The van der Waals surface area contributed by atoms with Crippen LogP contribution < -0.4 is 0 Å². The molecule has 0 bridgehead atoms. The average Bonchev–Trinajstić information content (AvgIpc) is 3.00. The van der Waals surface area contributed by atoms with Gasteiger partial charge in [0, 0.05) is 13.1 Å². The van der Waals surface area contributed by atoms with E-state index in [-0.39, 0.29) is 11.9 Å². The number of amides is 3. The van der Waals surface area contributed by atoms with Crippen LogP contribution >= 0.6 is 0 Å². The Hall–Kier alpha value is -1.18. The molecule has 0 N–H and O–H groups in total. The summed E-state index contributed by atoms with van der Waals surface area (Å²) in [5.74, 6) is 0.0459. The van der Waals surface area contributed by atoms with Crippen molar-refractivity contribution in [2.45, 2.75) is 97.4 Å². The standard InChI is InChI=1S/C26H51N5O2/c1-6-10-16-28(17-11-7-2)22-30-24(32)26(14-20-27(5)21-15-26)31(25(30)33)23-29(18-12-8-3)19-13-9-4/h6-23H2,1-5H3. The lowest BCUT2D eigenvalue weighted by Gasteiger charge is -2.42. The molecule has 0 saturated carbocycles. The quantitative estimate of drug-likeness (QED) is 0.316. The SMILES string of the molecule is CCCCN(CCCC)CN1C(=O)N(CN(CCCC)CCCC)C2(CCN(C)CC2)C1=O. The minimum Gasteiger partial charge on any atom is -0.306 e. The molecule has 2 heterocycles. The van der Waals surface area contributed by atoms with Gasteiger partial charge in [-0.3, -0.25) is 19.5 Å². The van der Waals surface area contributed by atoms with Crippen LogP contribution in [0.1, 0.15) is 91.9 Å². The maximum absolute atomic E-state index is 13.9. The van der Waals surface area contributed by atoms with Gasteiger partial charge in [0.1, 0.15) is 5.54 Å². The largest absolute Gasteiger partial charge is 0.329 e.